The molecule has 0 bridgehead atoms. The Kier molecular flexibility index (Phi) is 3.96. The number of halogens is 2. The highest BCUT2D eigenvalue weighted by Gasteiger charge is 2.08. The average molecular weight is 280 g/mol. The van der Waals surface area contributed by atoms with E-state index in [0.29, 0.717) is 16.5 Å². The average Bonchev–Trinajstić information content (AvgIpc) is 2.30. The van der Waals surface area contributed by atoms with Crippen molar-refractivity contribution in [3.05, 3.63) is 57.9 Å². The maximum absolute atomic E-state index is 12.9. The van der Waals surface area contributed by atoms with Crippen LogP contribution >= 0.6 is 11.6 Å². The van der Waals surface area contributed by atoms with Crippen molar-refractivity contribution in [3.8, 4) is 5.75 Å². The summed E-state index contributed by atoms with van der Waals surface area (Å²) >= 11 is 5.95. The summed E-state index contributed by atoms with van der Waals surface area (Å²) in [5.41, 5.74) is 9.30. The number of hydrogen-bond acceptors (Lipinski definition) is 2. The van der Waals surface area contributed by atoms with E-state index in [1.165, 1.54) is 12.1 Å². The van der Waals surface area contributed by atoms with Gasteiger partial charge in [-0.05, 0) is 43.2 Å². The van der Waals surface area contributed by atoms with Crippen LogP contribution in [0.15, 0.2) is 30.3 Å². The summed E-state index contributed by atoms with van der Waals surface area (Å²) in [5, 5.41) is 0.350. The van der Waals surface area contributed by atoms with Gasteiger partial charge in [0.05, 0.1) is 10.7 Å². The number of rotatable bonds is 3. The van der Waals surface area contributed by atoms with Gasteiger partial charge in [-0.2, -0.15) is 0 Å². The predicted octanol–water partition coefficient (Wildman–Crippen LogP) is 4.26. The van der Waals surface area contributed by atoms with Crippen molar-refractivity contribution in [2.45, 2.75) is 20.5 Å². The zero-order valence-electron chi connectivity index (χ0n) is 10.8. The molecule has 4 heteroatoms. The minimum Gasteiger partial charge on any atom is -0.486 e. The standard InChI is InChI=1S/C15H15ClFNO/c1-9-5-10(2)15(14(18)6-9)19-8-11-3-4-12(17)7-13(11)16/h3-7H,8,18H2,1-2H3. The molecular formula is C15H15ClFNO. The normalized spacial score (nSPS) is 10.5. The van der Waals surface area contributed by atoms with Crippen molar-refractivity contribution < 1.29 is 9.13 Å². The highest BCUT2D eigenvalue weighted by atomic mass is 35.5. The van der Waals surface area contributed by atoms with E-state index in [2.05, 4.69) is 0 Å². The van der Waals surface area contributed by atoms with Gasteiger partial charge < -0.3 is 10.5 Å². The maximum Gasteiger partial charge on any atom is 0.145 e. The molecule has 0 saturated carbocycles. The summed E-state index contributed by atoms with van der Waals surface area (Å²) in [6.07, 6.45) is 0. The number of anilines is 1. The number of ether oxygens (including phenoxy) is 1. The third-order valence-electron chi connectivity index (χ3n) is 2.83. The van der Waals surface area contributed by atoms with E-state index in [0.717, 1.165) is 16.7 Å². The molecule has 0 radical (unpaired) electrons. The Hall–Kier alpha value is -1.74. The molecule has 0 unspecified atom stereocenters. The van der Waals surface area contributed by atoms with Crippen molar-refractivity contribution in [1.82, 2.24) is 0 Å². The summed E-state index contributed by atoms with van der Waals surface area (Å²) < 4.78 is 18.6. The lowest BCUT2D eigenvalue weighted by molar-refractivity contribution is 0.305. The smallest absolute Gasteiger partial charge is 0.145 e. The van der Waals surface area contributed by atoms with Crippen molar-refractivity contribution >= 4 is 17.3 Å². The molecule has 0 aliphatic heterocycles. The van der Waals surface area contributed by atoms with E-state index in [-0.39, 0.29) is 12.4 Å². The van der Waals surface area contributed by atoms with Gasteiger partial charge in [0.25, 0.3) is 0 Å². The summed E-state index contributed by atoms with van der Waals surface area (Å²) in [7, 11) is 0. The Labute approximate surface area is 117 Å². The molecule has 0 aromatic heterocycles. The molecule has 2 rings (SSSR count). The van der Waals surface area contributed by atoms with Gasteiger partial charge in [0, 0.05) is 5.56 Å². The van der Waals surface area contributed by atoms with Crippen LogP contribution in [-0.4, -0.2) is 0 Å². The summed E-state index contributed by atoms with van der Waals surface area (Å²) in [4.78, 5) is 0. The monoisotopic (exact) mass is 279 g/mol. The lowest BCUT2D eigenvalue weighted by Crippen LogP contribution is -2.02. The predicted molar refractivity (Wildman–Crippen MR) is 76.1 cm³/mol. The highest BCUT2D eigenvalue weighted by Crippen LogP contribution is 2.29. The van der Waals surface area contributed by atoms with Gasteiger partial charge in [-0.15, -0.1) is 0 Å². The molecule has 0 fully saturated rings. The van der Waals surface area contributed by atoms with Gasteiger partial charge in [0.1, 0.15) is 18.2 Å². The van der Waals surface area contributed by atoms with Crippen molar-refractivity contribution in [2.24, 2.45) is 0 Å². The zero-order chi connectivity index (χ0) is 14.0. The van der Waals surface area contributed by atoms with Gasteiger partial charge in [-0.1, -0.05) is 23.7 Å². The molecular weight excluding hydrogens is 265 g/mol. The number of benzene rings is 2. The summed E-state index contributed by atoms with van der Waals surface area (Å²) in [6.45, 7) is 4.17. The van der Waals surface area contributed by atoms with E-state index in [1.807, 2.05) is 26.0 Å². The SMILES string of the molecule is Cc1cc(C)c(OCc2ccc(F)cc2Cl)c(N)c1. The Balaban J connectivity index is 2.19. The fraction of sp³-hybridized carbons (Fsp3) is 0.200. The van der Waals surface area contributed by atoms with Crippen LogP contribution in [0.25, 0.3) is 0 Å². The number of aryl methyl sites for hydroxylation is 2. The second-order valence-electron chi connectivity index (χ2n) is 4.52. The molecule has 2 nitrogen and oxygen atoms in total. The third kappa shape index (κ3) is 3.18. The van der Waals surface area contributed by atoms with Gasteiger partial charge in [0.15, 0.2) is 0 Å². The first-order valence-corrected chi connectivity index (χ1v) is 6.28. The number of nitrogen functional groups attached to an aromatic ring is 1. The van der Waals surface area contributed by atoms with Crippen LogP contribution < -0.4 is 10.5 Å². The molecule has 0 heterocycles. The zero-order valence-corrected chi connectivity index (χ0v) is 11.6. The molecule has 0 spiro atoms. The minimum atomic E-state index is -0.361. The quantitative estimate of drug-likeness (QED) is 0.852. The highest BCUT2D eigenvalue weighted by molar-refractivity contribution is 6.31. The molecule has 100 valence electrons. The topological polar surface area (TPSA) is 35.2 Å². The fourth-order valence-corrected chi connectivity index (χ4v) is 2.19. The molecule has 19 heavy (non-hydrogen) atoms. The van der Waals surface area contributed by atoms with Crippen LogP contribution in [0, 0.1) is 19.7 Å². The molecule has 0 atom stereocenters. The second-order valence-corrected chi connectivity index (χ2v) is 4.93. The Bertz CT molecular complexity index is 590. The summed E-state index contributed by atoms with van der Waals surface area (Å²) in [6, 6.07) is 8.09. The first-order chi connectivity index (χ1) is 8.97. The van der Waals surface area contributed by atoms with Gasteiger partial charge in [-0.25, -0.2) is 4.39 Å². The van der Waals surface area contributed by atoms with Crippen molar-refractivity contribution in [2.75, 3.05) is 5.73 Å². The molecule has 0 saturated heterocycles. The van der Waals surface area contributed by atoms with Crippen molar-refractivity contribution in [1.29, 1.82) is 0 Å². The van der Waals surface area contributed by atoms with Gasteiger partial charge >= 0.3 is 0 Å². The van der Waals surface area contributed by atoms with Gasteiger partial charge in [0.2, 0.25) is 0 Å². The molecule has 2 aromatic rings. The first kappa shape index (κ1) is 13.7. The number of hydrogen-bond donors (Lipinski definition) is 1. The Morgan fingerprint density at radius 3 is 2.58 bits per heavy atom. The molecule has 0 aliphatic rings. The second kappa shape index (κ2) is 5.49. The lowest BCUT2D eigenvalue weighted by atomic mass is 10.1. The van der Waals surface area contributed by atoms with Crippen LogP contribution in [-0.2, 0) is 6.61 Å². The number of nitrogens with two attached hydrogens (primary N) is 1. The third-order valence-corrected chi connectivity index (χ3v) is 3.19. The van der Waals surface area contributed by atoms with E-state index in [1.54, 1.807) is 6.07 Å². The van der Waals surface area contributed by atoms with Crippen LogP contribution in [0.2, 0.25) is 5.02 Å². The van der Waals surface area contributed by atoms with Crippen molar-refractivity contribution in [3.63, 3.8) is 0 Å². The molecule has 2 aromatic carbocycles. The van der Waals surface area contributed by atoms with Crippen LogP contribution in [0.3, 0.4) is 0 Å². The van der Waals surface area contributed by atoms with E-state index in [9.17, 15) is 4.39 Å². The molecule has 2 N–H and O–H groups in total. The lowest BCUT2D eigenvalue weighted by Gasteiger charge is -2.13. The summed E-state index contributed by atoms with van der Waals surface area (Å²) in [5.74, 6) is 0.283. The van der Waals surface area contributed by atoms with Gasteiger partial charge in [-0.3, -0.25) is 0 Å². The maximum atomic E-state index is 12.9. The largest absolute Gasteiger partial charge is 0.486 e. The van der Waals surface area contributed by atoms with Crippen LogP contribution in [0.4, 0.5) is 10.1 Å². The molecule has 0 aliphatic carbocycles. The van der Waals surface area contributed by atoms with E-state index < -0.39 is 0 Å². The molecule has 0 amide bonds. The fourth-order valence-electron chi connectivity index (χ4n) is 1.97. The van der Waals surface area contributed by atoms with E-state index in [4.69, 9.17) is 22.1 Å². The first-order valence-electron chi connectivity index (χ1n) is 5.91. The Morgan fingerprint density at radius 1 is 1.21 bits per heavy atom. The Morgan fingerprint density at radius 2 is 1.95 bits per heavy atom. The van der Waals surface area contributed by atoms with Crippen LogP contribution in [0.5, 0.6) is 5.75 Å². The minimum absolute atomic E-state index is 0.257. The van der Waals surface area contributed by atoms with Crippen LogP contribution in [0.1, 0.15) is 16.7 Å². The van der Waals surface area contributed by atoms with E-state index >= 15 is 0 Å².